The predicted octanol–water partition coefficient (Wildman–Crippen LogP) is 4.59. The molecule has 3 rings (SSSR count). The molecule has 21 heavy (non-hydrogen) atoms. The Morgan fingerprint density at radius 2 is 2.05 bits per heavy atom. The molecule has 1 fully saturated rings. The number of benzene rings is 1. The van der Waals surface area contributed by atoms with Gasteiger partial charge in [0.05, 0.1) is 7.11 Å². The third-order valence-corrected chi connectivity index (χ3v) is 6.05. The Morgan fingerprint density at radius 3 is 2.71 bits per heavy atom. The molecule has 1 aromatic rings. The molecule has 0 radical (unpaired) electrons. The fourth-order valence-electron chi connectivity index (χ4n) is 4.40. The molecule has 0 N–H and O–H groups in total. The van der Waals surface area contributed by atoms with Crippen molar-refractivity contribution in [2.75, 3.05) is 7.11 Å². The van der Waals surface area contributed by atoms with E-state index >= 15 is 0 Å². The second-order valence-corrected chi connectivity index (χ2v) is 7.91. The molecule has 1 aliphatic heterocycles. The zero-order valence-electron chi connectivity index (χ0n) is 13.7. The zero-order chi connectivity index (χ0) is 15.3. The van der Waals surface area contributed by atoms with Gasteiger partial charge >= 0.3 is 0 Å². The van der Waals surface area contributed by atoms with E-state index in [4.69, 9.17) is 9.47 Å². The summed E-state index contributed by atoms with van der Waals surface area (Å²) >= 11 is 0. The van der Waals surface area contributed by atoms with E-state index in [1.165, 1.54) is 24.0 Å². The van der Waals surface area contributed by atoms with E-state index in [9.17, 15) is 0 Å². The summed E-state index contributed by atoms with van der Waals surface area (Å²) in [6.45, 7) is 7.10. The minimum absolute atomic E-state index is 0.0511. The molecule has 0 aromatic heterocycles. The second kappa shape index (κ2) is 5.16. The highest BCUT2D eigenvalue weighted by molar-refractivity contribution is 7.15. The Hall–Kier alpha value is -0.750. The van der Waals surface area contributed by atoms with E-state index in [1.807, 2.05) is 0 Å². The lowest BCUT2D eigenvalue weighted by Gasteiger charge is -2.53. The van der Waals surface area contributed by atoms with Crippen LogP contribution in [0.25, 0.3) is 0 Å². The number of hydrogen-bond acceptors (Lipinski definition) is 2. The Bertz CT molecular complexity index is 552. The molecule has 3 atom stereocenters. The molecule has 1 heterocycles. The molecule has 0 bridgehead atoms. The highest BCUT2D eigenvalue weighted by Gasteiger charge is 2.51. The van der Waals surface area contributed by atoms with Gasteiger partial charge in [-0.1, -0.05) is 19.9 Å². The highest BCUT2D eigenvalue weighted by Crippen LogP contribution is 2.54. The molecule has 1 aliphatic carbocycles. The third-order valence-electron chi connectivity index (χ3n) is 5.58. The van der Waals surface area contributed by atoms with Gasteiger partial charge in [0.2, 0.25) is 0 Å². The maximum atomic E-state index is 6.55. The van der Waals surface area contributed by atoms with Gasteiger partial charge in [-0.2, -0.15) is 0 Å². The summed E-state index contributed by atoms with van der Waals surface area (Å²) in [6.07, 6.45) is 5.76. The van der Waals surface area contributed by atoms with Crippen LogP contribution in [0.15, 0.2) is 12.1 Å². The summed E-state index contributed by atoms with van der Waals surface area (Å²) in [5.74, 6) is 2.46. The normalized spacial score (nSPS) is 30.0. The summed E-state index contributed by atoms with van der Waals surface area (Å²) in [6, 6.07) is 4.42. The first kappa shape index (κ1) is 15.2. The third kappa shape index (κ3) is 2.46. The van der Waals surface area contributed by atoms with Crippen LogP contribution in [0.4, 0.5) is 0 Å². The predicted molar refractivity (Wildman–Crippen MR) is 90.3 cm³/mol. The molecule has 0 spiro atoms. The van der Waals surface area contributed by atoms with Crippen LogP contribution < -0.4 is 9.47 Å². The Labute approximate surface area is 130 Å². The van der Waals surface area contributed by atoms with Crippen LogP contribution in [0, 0.1) is 11.3 Å². The van der Waals surface area contributed by atoms with Crippen LogP contribution in [0.1, 0.15) is 51.2 Å². The van der Waals surface area contributed by atoms with Crippen molar-refractivity contribution in [1.82, 2.24) is 0 Å². The van der Waals surface area contributed by atoms with E-state index in [0.29, 0.717) is 11.3 Å². The van der Waals surface area contributed by atoms with Crippen molar-refractivity contribution < 1.29 is 9.47 Å². The van der Waals surface area contributed by atoms with E-state index in [-0.39, 0.29) is 5.60 Å². The molecule has 2 nitrogen and oxygen atoms in total. The summed E-state index contributed by atoms with van der Waals surface area (Å²) < 4.78 is 12.1. The lowest BCUT2D eigenvalue weighted by Crippen LogP contribution is -2.54. The SMILES string of the molecule is COc1cc(CP)cc2c1O[C@]1(C)CCCC(C)(C)C1C2. The van der Waals surface area contributed by atoms with Crippen LogP contribution in [-0.2, 0) is 12.6 Å². The van der Waals surface area contributed by atoms with Crippen molar-refractivity contribution in [3.05, 3.63) is 23.3 Å². The minimum atomic E-state index is -0.0511. The Morgan fingerprint density at radius 1 is 1.29 bits per heavy atom. The molecule has 2 unspecified atom stereocenters. The van der Waals surface area contributed by atoms with Crippen molar-refractivity contribution in [2.24, 2.45) is 11.3 Å². The van der Waals surface area contributed by atoms with Crippen LogP contribution in [0.3, 0.4) is 0 Å². The Balaban J connectivity index is 2.08. The monoisotopic (exact) mass is 306 g/mol. The summed E-state index contributed by atoms with van der Waals surface area (Å²) in [5, 5.41) is 0. The number of fused-ring (bicyclic) bond motifs is 2. The topological polar surface area (TPSA) is 18.5 Å². The molecule has 1 aromatic carbocycles. The van der Waals surface area contributed by atoms with Gasteiger partial charge in [0.15, 0.2) is 11.5 Å². The molecule has 2 aliphatic rings. The van der Waals surface area contributed by atoms with Crippen molar-refractivity contribution in [3.63, 3.8) is 0 Å². The number of methoxy groups -OCH3 is 1. The van der Waals surface area contributed by atoms with Crippen molar-refractivity contribution >= 4 is 9.24 Å². The largest absolute Gasteiger partial charge is 0.493 e. The molecule has 0 amide bonds. The van der Waals surface area contributed by atoms with Crippen LogP contribution in [-0.4, -0.2) is 12.7 Å². The molecule has 1 saturated carbocycles. The summed E-state index contributed by atoms with van der Waals surface area (Å²) in [5.41, 5.74) is 2.92. The molecular weight excluding hydrogens is 279 g/mol. The fourth-order valence-corrected chi connectivity index (χ4v) is 4.63. The minimum Gasteiger partial charge on any atom is -0.493 e. The first-order chi connectivity index (χ1) is 9.89. The van der Waals surface area contributed by atoms with Gasteiger partial charge in [0.25, 0.3) is 0 Å². The summed E-state index contributed by atoms with van der Waals surface area (Å²) in [7, 11) is 4.54. The van der Waals surface area contributed by atoms with Crippen LogP contribution in [0.5, 0.6) is 11.5 Å². The molecule has 0 saturated heterocycles. The summed E-state index contributed by atoms with van der Waals surface area (Å²) in [4.78, 5) is 0. The van der Waals surface area contributed by atoms with Crippen LogP contribution in [0.2, 0.25) is 0 Å². The lowest BCUT2D eigenvalue weighted by atomic mass is 9.59. The maximum Gasteiger partial charge on any atom is 0.165 e. The Kier molecular flexibility index (Phi) is 3.72. The first-order valence-electron chi connectivity index (χ1n) is 7.98. The lowest BCUT2D eigenvalue weighted by molar-refractivity contribution is -0.0827. The van der Waals surface area contributed by atoms with Crippen LogP contribution >= 0.6 is 9.24 Å². The van der Waals surface area contributed by atoms with Gasteiger partial charge in [-0.25, -0.2) is 0 Å². The molecule has 116 valence electrons. The number of rotatable bonds is 2. The maximum absolute atomic E-state index is 6.55. The van der Waals surface area contributed by atoms with E-state index < -0.39 is 0 Å². The highest BCUT2D eigenvalue weighted by atomic mass is 31.0. The smallest absolute Gasteiger partial charge is 0.165 e. The van der Waals surface area contributed by atoms with E-state index in [1.54, 1.807) is 7.11 Å². The standard InChI is InChI=1S/C18H27O2P/c1-17(2)6-5-7-18(3)15(17)10-13-8-12(11-21)9-14(19-4)16(13)20-18/h8-9,15H,5-7,10-11,21H2,1-4H3/t15?,18-/m1/s1. The average molecular weight is 306 g/mol. The average Bonchev–Trinajstić information content (AvgIpc) is 2.44. The first-order valence-corrected chi connectivity index (χ1v) is 8.80. The van der Waals surface area contributed by atoms with Gasteiger partial charge in [0.1, 0.15) is 5.60 Å². The number of ether oxygens (including phenoxy) is 2. The molecular formula is C18H27O2P. The second-order valence-electron chi connectivity index (χ2n) is 7.50. The van der Waals surface area contributed by atoms with E-state index in [2.05, 4.69) is 42.1 Å². The van der Waals surface area contributed by atoms with Crippen molar-refractivity contribution in [2.45, 2.75) is 58.2 Å². The van der Waals surface area contributed by atoms with Crippen molar-refractivity contribution in [1.29, 1.82) is 0 Å². The van der Waals surface area contributed by atoms with Gasteiger partial charge in [-0.15, -0.1) is 9.24 Å². The fraction of sp³-hybridized carbons (Fsp3) is 0.667. The van der Waals surface area contributed by atoms with Crippen molar-refractivity contribution in [3.8, 4) is 11.5 Å². The van der Waals surface area contributed by atoms with E-state index in [0.717, 1.165) is 30.5 Å². The zero-order valence-corrected chi connectivity index (χ0v) is 14.8. The van der Waals surface area contributed by atoms with Gasteiger partial charge < -0.3 is 9.47 Å². The van der Waals surface area contributed by atoms with Gasteiger partial charge in [-0.05, 0) is 61.4 Å². The number of hydrogen-bond donors (Lipinski definition) is 0. The van der Waals surface area contributed by atoms with Gasteiger partial charge in [0, 0.05) is 5.92 Å². The van der Waals surface area contributed by atoms with Gasteiger partial charge in [-0.3, -0.25) is 0 Å². The molecule has 3 heteroatoms. The quantitative estimate of drug-likeness (QED) is 0.744.